The molecular formula is C22H26N4O3. The van der Waals surface area contributed by atoms with Gasteiger partial charge in [-0.15, -0.1) is 0 Å². The molecular weight excluding hydrogens is 368 g/mol. The molecule has 1 N–H and O–H groups in total. The number of nitrogens with one attached hydrogen (secondary N) is 1. The minimum Gasteiger partial charge on any atom is -0.497 e. The molecule has 0 radical (unpaired) electrons. The highest BCUT2D eigenvalue weighted by molar-refractivity contribution is 5.87. The average Bonchev–Trinajstić information content (AvgIpc) is 2.73. The van der Waals surface area contributed by atoms with E-state index in [1.165, 1.54) is 0 Å². The van der Waals surface area contributed by atoms with Crippen molar-refractivity contribution < 1.29 is 9.47 Å². The van der Waals surface area contributed by atoms with Crippen LogP contribution in [0.1, 0.15) is 13.8 Å². The van der Waals surface area contributed by atoms with Crippen LogP contribution in [0.5, 0.6) is 11.5 Å². The van der Waals surface area contributed by atoms with Gasteiger partial charge in [-0.2, -0.15) is 0 Å². The molecule has 4 rings (SSSR count). The fourth-order valence-electron chi connectivity index (χ4n) is 3.86. The molecule has 0 spiro atoms. The Morgan fingerprint density at radius 3 is 2.52 bits per heavy atom. The second kappa shape index (κ2) is 7.40. The molecule has 1 aliphatic heterocycles. The van der Waals surface area contributed by atoms with Gasteiger partial charge in [0.25, 0.3) is 5.56 Å². The number of rotatable bonds is 4. The minimum atomic E-state index is -0.204. The molecule has 0 atom stereocenters. The molecule has 0 unspecified atom stereocenters. The van der Waals surface area contributed by atoms with Gasteiger partial charge in [0, 0.05) is 37.3 Å². The molecule has 3 aromatic rings. The van der Waals surface area contributed by atoms with E-state index in [2.05, 4.69) is 24.1 Å². The number of fused-ring (bicyclic) bond motifs is 1. The largest absolute Gasteiger partial charge is 0.497 e. The van der Waals surface area contributed by atoms with Gasteiger partial charge in [0.15, 0.2) is 0 Å². The number of para-hydroxylation sites is 1. The molecule has 1 fully saturated rings. The Hall–Kier alpha value is -3.06. The Kier molecular flexibility index (Phi) is 4.92. The summed E-state index contributed by atoms with van der Waals surface area (Å²) in [6.07, 6.45) is 0. The number of hydrogen-bond donors (Lipinski definition) is 1. The maximum Gasteiger partial charge on any atom is 0.271 e. The fourth-order valence-corrected chi connectivity index (χ4v) is 3.86. The number of hydrogen-bond acceptors (Lipinski definition) is 6. The van der Waals surface area contributed by atoms with E-state index < -0.39 is 0 Å². The summed E-state index contributed by atoms with van der Waals surface area (Å²) in [5, 5.41) is 3.86. The molecule has 7 nitrogen and oxygen atoms in total. The molecule has 2 aromatic carbocycles. The van der Waals surface area contributed by atoms with Crippen LogP contribution in [0.4, 0.5) is 5.95 Å². The molecule has 1 aliphatic rings. The molecule has 0 amide bonds. The Bertz CT molecular complexity index is 1090. The third kappa shape index (κ3) is 3.31. The summed E-state index contributed by atoms with van der Waals surface area (Å²) >= 11 is 0. The minimum absolute atomic E-state index is 0.162. The smallest absolute Gasteiger partial charge is 0.271 e. The monoisotopic (exact) mass is 394 g/mol. The highest BCUT2D eigenvalue weighted by Crippen LogP contribution is 2.32. The molecule has 29 heavy (non-hydrogen) atoms. The molecule has 1 saturated heterocycles. The molecule has 0 saturated carbocycles. The van der Waals surface area contributed by atoms with Crippen LogP contribution < -0.4 is 25.2 Å². The van der Waals surface area contributed by atoms with E-state index in [4.69, 9.17) is 14.5 Å². The third-order valence-electron chi connectivity index (χ3n) is 5.40. The number of nitrogens with zero attached hydrogens (tertiary/aromatic N) is 3. The predicted octanol–water partition coefficient (Wildman–Crippen LogP) is 2.59. The lowest BCUT2D eigenvalue weighted by Crippen LogP contribution is -2.59. The maximum absolute atomic E-state index is 13.7. The summed E-state index contributed by atoms with van der Waals surface area (Å²) in [4.78, 5) is 20.9. The van der Waals surface area contributed by atoms with Gasteiger partial charge in [0.05, 0.1) is 25.4 Å². The average molecular weight is 394 g/mol. The molecule has 152 valence electrons. The lowest BCUT2D eigenvalue weighted by Gasteiger charge is -2.44. The highest BCUT2D eigenvalue weighted by Gasteiger charge is 2.33. The van der Waals surface area contributed by atoms with Crippen molar-refractivity contribution in [1.29, 1.82) is 0 Å². The van der Waals surface area contributed by atoms with Gasteiger partial charge >= 0.3 is 0 Å². The molecule has 0 aliphatic carbocycles. The van der Waals surface area contributed by atoms with E-state index in [1.54, 1.807) is 30.9 Å². The summed E-state index contributed by atoms with van der Waals surface area (Å²) in [6.45, 7) is 6.68. The van der Waals surface area contributed by atoms with Gasteiger partial charge < -0.3 is 19.7 Å². The van der Waals surface area contributed by atoms with E-state index in [1.807, 2.05) is 30.3 Å². The zero-order valence-electron chi connectivity index (χ0n) is 17.2. The van der Waals surface area contributed by atoms with Gasteiger partial charge in [0.1, 0.15) is 16.9 Å². The normalized spacial score (nSPS) is 16.1. The zero-order chi connectivity index (χ0) is 20.6. The van der Waals surface area contributed by atoms with Gasteiger partial charge in [-0.1, -0.05) is 18.2 Å². The standard InChI is InChI=1S/C22H26N4O3/c1-22(2)14-23-10-11-25(22)21-24-17-12-16(28-3)13-18(29-4)19(17)20(27)26(21)15-8-6-5-7-9-15/h5-9,12-13,23H,10-11,14H2,1-4H3. The first-order valence-electron chi connectivity index (χ1n) is 9.69. The maximum atomic E-state index is 13.7. The van der Waals surface area contributed by atoms with Gasteiger partial charge in [-0.25, -0.2) is 9.55 Å². The number of benzene rings is 2. The topological polar surface area (TPSA) is 68.6 Å². The number of methoxy groups -OCH3 is 2. The Morgan fingerprint density at radius 2 is 1.86 bits per heavy atom. The van der Waals surface area contributed by atoms with E-state index in [0.29, 0.717) is 28.4 Å². The number of aromatic nitrogens is 2. The molecule has 7 heteroatoms. The van der Waals surface area contributed by atoms with Crippen LogP contribution in [-0.2, 0) is 0 Å². The Balaban J connectivity index is 2.09. The van der Waals surface area contributed by atoms with E-state index >= 15 is 0 Å². The Labute approximate surface area is 169 Å². The number of ether oxygens (including phenoxy) is 2. The highest BCUT2D eigenvalue weighted by atomic mass is 16.5. The van der Waals surface area contributed by atoms with Crippen molar-refractivity contribution in [1.82, 2.24) is 14.9 Å². The first-order chi connectivity index (χ1) is 14.0. The van der Waals surface area contributed by atoms with Crippen LogP contribution >= 0.6 is 0 Å². The summed E-state index contributed by atoms with van der Waals surface area (Å²) in [6, 6.07) is 13.1. The third-order valence-corrected chi connectivity index (χ3v) is 5.40. The summed E-state index contributed by atoms with van der Waals surface area (Å²) in [7, 11) is 3.14. The fraction of sp³-hybridized carbons (Fsp3) is 0.364. The second-order valence-corrected chi connectivity index (χ2v) is 7.75. The quantitative estimate of drug-likeness (QED) is 0.734. The van der Waals surface area contributed by atoms with Crippen LogP contribution in [0.15, 0.2) is 47.3 Å². The number of anilines is 1. The van der Waals surface area contributed by atoms with Gasteiger partial charge in [0.2, 0.25) is 5.95 Å². The summed E-state index contributed by atoms with van der Waals surface area (Å²) in [5.41, 5.74) is 0.965. The van der Waals surface area contributed by atoms with Gasteiger partial charge in [-0.3, -0.25) is 4.79 Å². The second-order valence-electron chi connectivity index (χ2n) is 7.75. The molecule has 1 aromatic heterocycles. The van der Waals surface area contributed by atoms with Crippen LogP contribution in [0.25, 0.3) is 16.6 Å². The van der Waals surface area contributed by atoms with Crippen molar-refractivity contribution in [2.75, 3.05) is 38.8 Å². The van der Waals surface area contributed by atoms with Crippen molar-refractivity contribution >= 4 is 16.9 Å². The Morgan fingerprint density at radius 1 is 1.10 bits per heavy atom. The lowest BCUT2D eigenvalue weighted by molar-refractivity contribution is 0.372. The van der Waals surface area contributed by atoms with E-state index in [9.17, 15) is 4.79 Å². The van der Waals surface area contributed by atoms with Crippen LogP contribution in [-0.4, -0.2) is 48.9 Å². The number of piperazine rings is 1. The van der Waals surface area contributed by atoms with Crippen LogP contribution in [0.2, 0.25) is 0 Å². The van der Waals surface area contributed by atoms with Crippen molar-refractivity contribution in [2.45, 2.75) is 19.4 Å². The van der Waals surface area contributed by atoms with E-state index in [-0.39, 0.29) is 11.1 Å². The van der Waals surface area contributed by atoms with E-state index in [0.717, 1.165) is 25.3 Å². The lowest BCUT2D eigenvalue weighted by atomic mass is 10.0. The molecule has 0 bridgehead atoms. The summed E-state index contributed by atoms with van der Waals surface area (Å²) < 4.78 is 12.6. The first kappa shape index (κ1) is 19.3. The predicted molar refractivity (Wildman–Crippen MR) is 115 cm³/mol. The first-order valence-corrected chi connectivity index (χ1v) is 9.69. The zero-order valence-corrected chi connectivity index (χ0v) is 17.2. The van der Waals surface area contributed by atoms with Crippen molar-refractivity contribution in [3.63, 3.8) is 0 Å². The molecule has 2 heterocycles. The van der Waals surface area contributed by atoms with Crippen molar-refractivity contribution in [3.8, 4) is 17.2 Å². The SMILES string of the molecule is COc1cc(OC)c2c(=O)n(-c3ccccc3)c(N3CCNCC3(C)C)nc2c1. The van der Waals surface area contributed by atoms with Crippen molar-refractivity contribution in [2.24, 2.45) is 0 Å². The van der Waals surface area contributed by atoms with Crippen LogP contribution in [0.3, 0.4) is 0 Å². The van der Waals surface area contributed by atoms with Crippen LogP contribution in [0, 0.1) is 0 Å². The van der Waals surface area contributed by atoms with Gasteiger partial charge in [-0.05, 0) is 26.0 Å². The van der Waals surface area contributed by atoms with Crippen molar-refractivity contribution in [3.05, 3.63) is 52.8 Å². The summed E-state index contributed by atoms with van der Waals surface area (Å²) in [5.74, 6) is 1.67.